The number of hydrogen-bond acceptors (Lipinski definition) is 3. The van der Waals surface area contributed by atoms with Crippen LogP contribution in [-0.2, 0) is 10.4 Å². The second-order valence-electron chi connectivity index (χ2n) is 5.83. The minimum absolute atomic E-state index is 0.00106. The third-order valence-electron chi connectivity index (χ3n) is 3.00. The number of hydrogen-bond donors (Lipinski definition) is 0. The second kappa shape index (κ2) is 4.79. The molecule has 1 aromatic heterocycles. The molecule has 1 fully saturated rings. The van der Waals surface area contributed by atoms with Crippen LogP contribution in [-0.4, -0.2) is 34.7 Å². The van der Waals surface area contributed by atoms with E-state index in [1.807, 2.05) is 0 Å². The van der Waals surface area contributed by atoms with Gasteiger partial charge in [-0.2, -0.15) is 0 Å². The van der Waals surface area contributed by atoms with Crippen molar-refractivity contribution < 1.29 is 13.9 Å². The highest BCUT2D eigenvalue weighted by Crippen LogP contribution is 2.35. The molecule has 0 N–H and O–H groups in total. The molecule has 2 rings (SSSR count). The Balaban J connectivity index is 2.06. The molecular formula is C14H19FN2O2. The highest BCUT2D eigenvalue weighted by atomic mass is 19.1. The average molecular weight is 266 g/mol. The molecule has 1 saturated heterocycles. The largest absolute Gasteiger partial charge is 0.444 e. The summed E-state index contributed by atoms with van der Waals surface area (Å²) in [5.74, 6) is 0. The van der Waals surface area contributed by atoms with Crippen LogP contribution in [0.1, 0.15) is 32.9 Å². The van der Waals surface area contributed by atoms with E-state index in [4.69, 9.17) is 4.74 Å². The maximum Gasteiger partial charge on any atom is 0.410 e. The van der Waals surface area contributed by atoms with Crippen molar-refractivity contribution in [2.45, 2.75) is 38.5 Å². The van der Waals surface area contributed by atoms with Crippen molar-refractivity contribution in [2.24, 2.45) is 0 Å². The third-order valence-corrected chi connectivity index (χ3v) is 3.00. The summed E-state index contributed by atoms with van der Waals surface area (Å²) in [4.78, 5) is 17.3. The normalized spacial score (nSPS) is 23.5. The molecule has 1 amide bonds. The van der Waals surface area contributed by atoms with Crippen molar-refractivity contribution in [2.75, 3.05) is 13.1 Å². The van der Waals surface area contributed by atoms with E-state index in [1.54, 1.807) is 45.2 Å². The Bertz CT molecular complexity index is 458. The van der Waals surface area contributed by atoms with Crippen LogP contribution >= 0.6 is 0 Å². The zero-order valence-electron chi connectivity index (χ0n) is 11.5. The van der Waals surface area contributed by atoms with E-state index in [-0.39, 0.29) is 13.0 Å². The first-order valence-electron chi connectivity index (χ1n) is 6.39. The fourth-order valence-corrected chi connectivity index (χ4v) is 2.09. The Morgan fingerprint density at radius 2 is 2.21 bits per heavy atom. The van der Waals surface area contributed by atoms with Crippen LogP contribution in [0.5, 0.6) is 0 Å². The summed E-state index contributed by atoms with van der Waals surface area (Å²) in [6.45, 7) is 5.73. The minimum atomic E-state index is -1.57. The van der Waals surface area contributed by atoms with Gasteiger partial charge in [0.05, 0.1) is 12.2 Å². The number of alkyl halides is 1. The second-order valence-corrected chi connectivity index (χ2v) is 5.83. The van der Waals surface area contributed by atoms with Gasteiger partial charge in [0.2, 0.25) is 0 Å². The van der Waals surface area contributed by atoms with Gasteiger partial charge in [-0.3, -0.25) is 4.98 Å². The van der Waals surface area contributed by atoms with Crippen molar-refractivity contribution in [1.29, 1.82) is 0 Å². The van der Waals surface area contributed by atoms with Crippen LogP contribution in [0.2, 0.25) is 0 Å². The number of amides is 1. The van der Waals surface area contributed by atoms with Gasteiger partial charge < -0.3 is 9.64 Å². The topological polar surface area (TPSA) is 42.4 Å². The number of ether oxygens (including phenoxy) is 1. The molecule has 0 aliphatic carbocycles. The molecule has 0 saturated carbocycles. The number of pyridine rings is 1. The summed E-state index contributed by atoms with van der Waals surface area (Å²) in [5, 5.41) is 0. The van der Waals surface area contributed by atoms with E-state index < -0.39 is 17.4 Å². The number of likely N-dealkylation sites (tertiary alicyclic amines) is 1. The maximum absolute atomic E-state index is 14.8. The first-order valence-corrected chi connectivity index (χ1v) is 6.39. The van der Waals surface area contributed by atoms with Crippen LogP contribution < -0.4 is 0 Å². The summed E-state index contributed by atoms with van der Waals surface area (Å²) >= 11 is 0. The molecule has 0 bridgehead atoms. The molecular weight excluding hydrogens is 247 g/mol. The molecule has 0 spiro atoms. The quantitative estimate of drug-likeness (QED) is 0.785. The van der Waals surface area contributed by atoms with Gasteiger partial charge in [-0.25, -0.2) is 9.18 Å². The summed E-state index contributed by atoms with van der Waals surface area (Å²) < 4.78 is 20.0. The minimum Gasteiger partial charge on any atom is -0.444 e. The standard InChI is InChI=1S/C14H19FN2O2/c1-13(2,3)19-12(18)17-9-7-14(15,10-17)11-6-4-5-8-16-11/h4-6,8H,7,9-10H2,1-3H3. The van der Waals surface area contributed by atoms with Gasteiger partial charge in [0.25, 0.3) is 0 Å². The van der Waals surface area contributed by atoms with E-state index >= 15 is 0 Å². The molecule has 19 heavy (non-hydrogen) atoms. The van der Waals surface area contributed by atoms with E-state index in [1.165, 1.54) is 4.90 Å². The van der Waals surface area contributed by atoms with Crippen molar-refractivity contribution >= 4 is 6.09 Å². The number of carbonyl (C=O) groups is 1. The zero-order chi connectivity index (χ0) is 14.1. The summed E-state index contributed by atoms with van der Waals surface area (Å²) in [6, 6.07) is 5.14. The van der Waals surface area contributed by atoms with Crippen LogP contribution in [0.3, 0.4) is 0 Å². The monoisotopic (exact) mass is 266 g/mol. The van der Waals surface area contributed by atoms with E-state index in [0.29, 0.717) is 12.2 Å². The molecule has 2 heterocycles. The number of halogens is 1. The van der Waals surface area contributed by atoms with E-state index in [0.717, 1.165) is 0 Å². The Labute approximate surface area is 112 Å². The predicted molar refractivity (Wildman–Crippen MR) is 69.4 cm³/mol. The molecule has 1 aliphatic heterocycles. The SMILES string of the molecule is CC(C)(C)OC(=O)N1CCC(F)(c2ccccn2)C1. The molecule has 4 nitrogen and oxygen atoms in total. The van der Waals surface area contributed by atoms with Gasteiger partial charge in [-0.15, -0.1) is 0 Å². The summed E-state index contributed by atoms with van der Waals surface area (Å²) in [7, 11) is 0. The Hall–Kier alpha value is -1.65. The molecule has 104 valence electrons. The number of rotatable bonds is 1. The fourth-order valence-electron chi connectivity index (χ4n) is 2.09. The lowest BCUT2D eigenvalue weighted by molar-refractivity contribution is 0.0255. The van der Waals surface area contributed by atoms with Gasteiger partial charge in [-0.1, -0.05) is 6.07 Å². The Kier molecular flexibility index (Phi) is 3.47. The molecule has 5 heteroatoms. The van der Waals surface area contributed by atoms with Gasteiger partial charge in [-0.05, 0) is 32.9 Å². The molecule has 1 aliphatic rings. The molecule has 0 aromatic carbocycles. The lowest BCUT2D eigenvalue weighted by atomic mass is 10.0. The smallest absolute Gasteiger partial charge is 0.410 e. The van der Waals surface area contributed by atoms with Crippen molar-refractivity contribution in [3.63, 3.8) is 0 Å². The lowest BCUT2D eigenvalue weighted by Crippen LogP contribution is -2.37. The molecule has 0 radical (unpaired) electrons. The van der Waals surface area contributed by atoms with Crippen LogP contribution in [0, 0.1) is 0 Å². The molecule has 1 atom stereocenters. The lowest BCUT2D eigenvalue weighted by Gasteiger charge is -2.25. The average Bonchev–Trinajstić information content (AvgIpc) is 2.73. The van der Waals surface area contributed by atoms with Crippen LogP contribution in [0.25, 0.3) is 0 Å². The highest BCUT2D eigenvalue weighted by molar-refractivity contribution is 5.68. The fraction of sp³-hybridized carbons (Fsp3) is 0.571. The number of nitrogens with zero attached hydrogens (tertiary/aromatic N) is 2. The summed E-state index contributed by atoms with van der Waals surface area (Å²) in [6.07, 6.45) is 1.35. The molecule has 1 aromatic rings. The Morgan fingerprint density at radius 1 is 1.47 bits per heavy atom. The predicted octanol–water partition coefficient (Wildman–Crippen LogP) is 2.89. The van der Waals surface area contributed by atoms with Gasteiger partial charge in [0.1, 0.15) is 5.60 Å². The Morgan fingerprint density at radius 3 is 2.79 bits per heavy atom. The number of aromatic nitrogens is 1. The third kappa shape index (κ3) is 3.22. The zero-order valence-corrected chi connectivity index (χ0v) is 11.5. The van der Waals surface area contributed by atoms with Crippen LogP contribution in [0.15, 0.2) is 24.4 Å². The number of carbonyl (C=O) groups excluding carboxylic acids is 1. The van der Waals surface area contributed by atoms with Crippen molar-refractivity contribution in [1.82, 2.24) is 9.88 Å². The van der Waals surface area contributed by atoms with Crippen LogP contribution in [0.4, 0.5) is 9.18 Å². The summed E-state index contributed by atoms with van der Waals surface area (Å²) in [5.41, 5.74) is -1.76. The van der Waals surface area contributed by atoms with E-state index in [2.05, 4.69) is 4.98 Å². The van der Waals surface area contributed by atoms with Gasteiger partial charge in [0.15, 0.2) is 5.67 Å². The van der Waals surface area contributed by atoms with Gasteiger partial charge in [0, 0.05) is 19.2 Å². The van der Waals surface area contributed by atoms with E-state index in [9.17, 15) is 9.18 Å². The van der Waals surface area contributed by atoms with Crippen molar-refractivity contribution in [3.8, 4) is 0 Å². The first kappa shape index (κ1) is 13.8. The van der Waals surface area contributed by atoms with Gasteiger partial charge >= 0.3 is 6.09 Å². The maximum atomic E-state index is 14.8. The highest BCUT2D eigenvalue weighted by Gasteiger charge is 2.43. The van der Waals surface area contributed by atoms with Crippen molar-refractivity contribution in [3.05, 3.63) is 30.1 Å². The first-order chi connectivity index (χ1) is 8.80. The molecule has 1 unspecified atom stereocenters.